The Morgan fingerprint density at radius 3 is 3.00 bits per heavy atom. The van der Waals surface area contributed by atoms with E-state index in [9.17, 15) is 0 Å². The Labute approximate surface area is 98.5 Å². The van der Waals surface area contributed by atoms with Crippen molar-refractivity contribution in [3.63, 3.8) is 0 Å². The predicted octanol–water partition coefficient (Wildman–Crippen LogP) is 2.40. The molecule has 0 bridgehead atoms. The first-order chi connectivity index (χ1) is 7.18. The minimum Gasteiger partial charge on any atom is -0.371 e. The van der Waals surface area contributed by atoms with Crippen LogP contribution in [0.2, 0.25) is 0 Å². The predicted molar refractivity (Wildman–Crippen MR) is 60.2 cm³/mol. The number of halogens is 2. The molecule has 1 aromatic carbocycles. The second kappa shape index (κ2) is 3.36. The second-order valence-corrected chi connectivity index (χ2v) is 5.42. The minimum atomic E-state index is -0.902. The van der Waals surface area contributed by atoms with Crippen LogP contribution in [0.5, 0.6) is 0 Å². The van der Waals surface area contributed by atoms with E-state index in [1.54, 1.807) is 0 Å². The third-order valence-electron chi connectivity index (χ3n) is 3.14. The summed E-state index contributed by atoms with van der Waals surface area (Å²) >= 11 is 12.5. The minimum absolute atomic E-state index is 0.0331. The molecule has 0 radical (unpaired) electrons. The second-order valence-electron chi connectivity index (χ2n) is 4.03. The smallest absolute Gasteiger partial charge is 0.178 e. The van der Waals surface area contributed by atoms with Crippen LogP contribution in [0.3, 0.4) is 0 Å². The van der Waals surface area contributed by atoms with Crippen molar-refractivity contribution in [1.29, 1.82) is 0 Å². The molecule has 2 heterocycles. The summed E-state index contributed by atoms with van der Waals surface area (Å²) in [6.45, 7) is 1.37. The van der Waals surface area contributed by atoms with Gasteiger partial charge < -0.3 is 4.74 Å². The zero-order valence-electron chi connectivity index (χ0n) is 8.04. The van der Waals surface area contributed by atoms with Gasteiger partial charge in [0.1, 0.15) is 0 Å². The summed E-state index contributed by atoms with van der Waals surface area (Å²) in [5, 5.41) is 3.08. The number of rotatable bonds is 0. The topological polar surface area (TPSA) is 21.3 Å². The number of fused-ring (bicyclic) bond motifs is 3. The maximum atomic E-state index is 6.24. The van der Waals surface area contributed by atoms with E-state index in [1.165, 1.54) is 11.1 Å². The van der Waals surface area contributed by atoms with Gasteiger partial charge in [0.05, 0.1) is 18.6 Å². The number of alkyl halides is 2. The number of nitrogens with one attached hydrogen (secondary N) is 1. The zero-order chi connectivity index (χ0) is 10.5. The summed E-state index contributed by atoms with van der Waals surface area (Å²) < 4.78 is 4.83. The SMILES string of the molecule is ClC1(Cl)NCC2OCc3ccccc3C21. The van der Waals surface area contributed by atoms with Crippen molar-refractivity contribution in [2.24, 2.45) is 0 Å². The molecule has 4 heteroatoms. The average molecular weight is 244 g/mol. The fourth-order valence-electron chi connectivity index (χ4n) is 2.41. The quantitative estimate of drug-likeness (QED) is 0.559. The van der Waals surface area contributed by atoms with Gasteiger partial charge in [0.25, 0.3) is 0 Å². The van der Waals surface area contributed by atoms with Crippen molar-refractivity contribution in [3.05, 3.63) is 35.4 Å². The third-order valence-corrected chi connectivity index (χ3v) is 3.88. The molecule has 0 aromatic heterocycles. The molecule has 1 saturated heterocycles. The molecule has 2 aliphatic heterocycles. The van der Waals surface area contributed by atoms with E-state index in [2.05, 4.69) is 17.4 Å². The molecule has 1 N–H and O–H groups in total. The standard InChI is InChI=1S/C11H11Cl2NO/c12-11(13)10-8-4-2-1-3-7(8)6-15-9(10)5-14-11/h1-4,9-10,14H,5-6H2. The van der Waals surface area contributed by atoms with E-state index in [0.717, 1.165) is 0 Å². The van der Waals surface area contributed by atoms with Crippen LogP contribution >= 0.6 is 23.2 Å². The van der Waals surface area contributed by atoms with Crippen molar-refractivity contribution >= 4 is 23.2 Å². The van der Waals surface area contributed by atoms with Gasteiger partial charge in [0.15, 0.2) is 4.46 Å². The van der Waals surface area contributed by atoms with E-state index in [4.69, 9.17) is 27.9 Å². The lowest BCUT2D eigenvalue weighted by Crippen LogP contribution is -2.34. The molecule has 0 aliphatic carbocycles. The molecule has 15 heavy (non-hydrogen) atoms. The van der Waals surface area contributed by atoms with Crippen molar-refractivity contribution in [2.45, 2.75) is 23.1 Å². The summed E-state index contributed by atoms with van der Waals surface area (Å²) in [6, 6.07) is 8.17. The van der Waals surface area contributed by atoms with Gasteiger partial charge in [-0.2, -0.15) is 0 Å². The molecule has 0 saturated carbocycles. The molecule has 0 amide bonds. The number of benzene rings is 1. The Bertz CT molecular complexity index is 394. The molecule has 2 unspecified atom stereocenters. The highest BCUT2D eigenvalue weighted by Gasteiger charge is 2.49. The van der Waals surface area contributed by atoms with Crippen molar-refractivity contribution in [3.8, 4) is 0 Å². The van der Waals surface area contributed by atoms with Gasteiger partial charge in [-0.05, 0) is 11.1 Å². The number of hydrogen-bond acceptors (Lipinski definition) is 2. The molecule has 1 fully saturated rings. The molecule has 0 spiro atoms. The average Bonchev–Trinajstić information content (AvgIpc) is 2.55. The molecule has 1 aromatic rings. The summed E-state index contributed by atoms with van der Waals surface area (Å²) in [5.74, 6) is 0.0331. The number of hydrogen-bond donors (Lipinski definition) is 1. The van der Waals surface area contributed by atoms with Crippen LogP contribution in [-0.4, -0.2) is 17.1 Å². The first-order valence-electron chi connectivity index (χ1n) is 5.01. The van der Waals surface area contributed by atoms with Crippen LogP contribution in [0.4, 0.5) is 0 Å². The first kappa shape index (κ1) is 9.91. The van der Waals surface area contributed by atoms with E-state index < -0.39 is 4.46 Å². The fourth-order valence-corrected chi connectivity index (χ4v) is 3.08. The van der Waals surface area contributed by atoms with Gasteiger partial charge in [0.2, 0.25) is 0 Å². The summed E-state index contributed by atoms with van der Waals surface area (Å²) in [7, 11) is 0. The molecule has 2 nitrogen and oxygen atoms in total. The monoisotopic (exact) mass is 243 g/mol. The lowest BCUT2D eigenvalue weighted by molar-refractivity contribution is 0.0278. The summed E-state index contributed by atoms with van der Waals surface area (Å²) in [6.07, 6.45) is 0.0925. The highest BCUT2D eigenvalue weighted by atomic mass is 35.5. The van der Waals surface area contributed by atoms with Gasteiger partial charge in [-0.1, -0.05) is 47.5 Å². The maximum Gasteiger partial charge on any atom is 0.178 e. The zero-order valence-corrected chi connectivity index (χ0v) is 9.55. The maximum absolute atomic E-state index is 6.24. The van der Waals surface area contributed by atoms with Crippen LogP contribution in [0.25, 0.3) is 0 Å². The van der Waals surface area contributed by atoms with Gasteiger partial charge in [-0.3, -0.25) is 5.32 Å². The van der Waals surface area contributed by atoms with Gasteiger partial charge in [-0.15, -0.1) is 0 Å². The van der Waals surface area contributed by atoms with Crippen LogP contribution in [0.15, 0.2) is 24.3 Å². The Balaban J connectivity index is 2.10. The Morgan fingerprint density at radius 1 is 1.33 bits per heavy atom. The van der Waals surface area contributed by atoms with Gasteiger partial charge >= 0.3 is 0 Å². The Kier molecular flexibility index (Phi) is 2.22. The van der Waals surface area contributed by atoms with E-state index in [0.29, 0.717) is 13.2 Å². The first-order valence-corrected chi connectivity index (χ1v) is 5.76. The van der Waals surface area contributed by atoms with E-state index >= 15 is 0 Å². The molecule has 80 valence electrons. The molecule has 2 aliphatic rings. The van der Waals surface area contributed by atoms with Crippen LogP contribution < -0.4 is 5.32 Å². The third kappa shape index (κ3) is 1.48. The van der Waals surface area contributed by atoms with Gasteiger partial charge in [0, 0.05) is 6.54 Å². The highest BCUT2D eigenvalue weighted by Crippen LogP contribution is 2.46. The largest absolute Gasteiger partial charge is 0.371 e. The lowest BCUT2D eigenvalue weighted by atomic mass is 9.89. The van der Waals surface area contributed by atoms with E-state index in [1.807, 2.05) is 12.1 Å². The molecule has 2 atom stereocenters. The van der Waals surface area contributed by atoms with Crippen molar-refractivity contribution < 1.29 is 4.74 Å². The van der Waals surface area contributed by atoms with E-state index in [-0.39, 0.29) is 12.0 Å². The summed E-state index contributed by atoms with van der Waals surface area (Å²) in [4.78, 5) is 0. The molecular weight excluding hydrogens is 233 g/mol. The summed E-state index contributed by atoms with van der Waals surface area (Å²) in [5.41, 5.74) is 2.40. The fraction of sp³-hybridized carbons (Fsp3) is 0.455. The Hall–Kier alpha value is -0.280. The van der Waals surface area contributed by atoms with Crippen LogP contribution in [-0.2, 0) is 11.3 Å². The van der Waals surface area contributed by atoms with Crippen LogP contribution in [0, 0.1) is 0 Å². The number of ether oxygens (including phenoxy) is 1. The highest BCUT2D eigenvalue weighted by molar-refractivity contribution is 6.48. The molecule has 3 rings (SSSR count). The van der Waals surface area contributed by atoms with Crippen LogP contribution in [0.1, 0.15) is 17.0 Å². The van der Waals surface area contributed by atoms with Crippen molar-refractivity contribution in [2.75, 3.05) is 6.54 Å². The normalized spacial score (nSPS) is 32.1. The lowest BCUT2D eigenvalue weighted by Gasteiger charge is -2.32. The van der Waals surface area contributed by atoms with Crippen molar-refractivity contribution in [1.82, 2.24) is 5.32 Å². The molecular formula is C11H11Cl2NO. The van der Waals surface area contributed by atoms with Gasteiger partial charge in [-0.25, -0.2) is 0 Å². The Morgan fingerprint density at radius 2 is 2.13 bits per heavy atom.